The first-order valence-corrected chi connectivity index (χ1v) is 9.67. The standard InChI is InChI=1S/C14H22N2O3S2/c1-3-10-4-6-11(7-5-10)16-13(17)12-8-20-14(9(12)2)21(15,18)19/h8,10-11H,3-7H2,1-2H3,(H,16,17)(H2,15,18,19). The van der Waals surface area contributed by atoms with Crippen LogP contribution in [0.1, 0.15) is 54.9 Å². The van der Waals surface area contributed by atoms with Crippen molar-refractivity contribution in [3.63, 3.8) is 0 Å². The Hall–Kier alpha value is -0.920. The van der Waals surface area contributed by atoms with Crippen molar-refractivity contribution < 1.29 is 13.2 Å². The highest BCUT2D eigenvalue weighted by Crippen LogP contribution is 2.28. The summed E-state index contributed by atoms with van der Waals surface area (Å²) in [7, 11) is -3.75. The summed E-state index contributed by atoms with van der Waals surface area (Å²) in [5.41, 5.74) is 0.865. The predicted molar refractivity (Wildman–Crippen MR) is 83.9 cm³/mol. The molecule has 5 nitrogen and oxygen atoms in total. The van der Waals surface area contributed by atoms with Crippen LogP contribution in [0.3, 0.4) is 0 Å². The van der Waals surface area contributed by atoms with Gasteiger partial charge in [-0.05, 0) is 44.1 Å². The van der Waals surface area contributed by atoms with Crippen molar-refractivity contribution in [1.82, 2.24) is 5.32 Å². The molecule has 0 unspecified atom stereocenters. The van der Waals surface area contributed by atoms with Gasteiger partial charge in [0.25, 0.3) is 5.91 Å². The maximum absolute atomic E-state index is 12.3. The van der Waals surface area contributed by atoms with Gasteiger partial charge in [0, 0.05) is 11.4 Å². The normalized spacial score (nSPS) is 23.0. The van der Waals surface area contributed by atoms with Crippen molar-refractivity contribution in [3.05, 3.63) is 16.5 Å². The molecule has 0 atom stereocenters. The van der Waals surface area contributed by atoms with E-state index in [2.05, 4.69) is 12.2 Å². The molecule has 1 aromatic rings. The summed E-state index contributed by atoms with van der Waals surface area (Å²) in [6.07, 6.45) is 5.48. The summed E-state index contributed by atoms with van der Waals surface area (Å²) in [6, 6.07) is 0.192. The predicted octanol–water partition coefficient (Wildman–Crippen LogP) is 2.40. The third-order valence-electron chi connectivity index (χ3n) is 4.26. The van der Waals surface area contributed by atoms with Gasteiger partial charge in [-0.25, -0.2) is 13.6 Å². The molecular weight excluding hydrogens is 308 g/mol. The van der Waals surface area contributed by atoms with Crippen LogP contribution in [0.2, 0.25) is 0 Å². The second-order valence-electron chi connectivity index (χ2n) is 5.71. The van der Waals surface area contributed by atoms with Crippen LogP contribution in [0.4, 0.5) is 0 Å². The smallest absolute Gasteiger partial charge is 0.252 e. The van der Waals surface area contributed by atoms with Crippen molar-refractivity contribution in [2.75, 3.05) is 0 Å². The number of hydrogen-bond acceptors (Lipinski definition) is 4. The molecule has 1 heterocycles. The number of rotatable bonds is 4. The Morgan fingerprint density at radius 2 is 2.00 bits per heavy atom. The second-order valence-corrected chi connectivity index (χ2v) is 8.34. The molecule has 1 aliphatic carbocycles. The van der Waals surface area contributed by atoms with E-state index in [0.717, 1.165) is 42.9 Å². The average Bonchev–Trinajstić information content (AvgIpc) is 2.81. The number of primary sulfonamides is 1. The van der Waals surface area contributed by atoms with Gasteiger partial charge in [0.2, 0.25) is 10.0 Å². The number of carbonyl (C=O) groups excluding carboxylic acids is 1. The van der Waals surface area contributed by atoms with E-state index >= 15 is 0 Å². The number of sulfonamides is 1. The number of nitrogens with one attached hydrogen (secondary N) is 1. The van der Waals surface area contributed by atoms with Gasteiger partial charge in [-0.1, -0.05) is 13.3 Å². The average molecular weight is 330 g/mol. The van der Waals surface area contributed by atoms with Crippen LogP contribution in [-0.2, 0) is 10.0 Å². The Balaban J connectivity index is 2.03. The van der Waals surface area contributed by atoms with Gasteiger partial charge in [0.15, 0.2) is 0 Å². The fourth-order valence-corrected chi connectivity index (χ4v) is 4.89. The van der Waals surface area contributed by atoms with Crippen molar-refractivity contribution in [2.24, 2.45) is 11.1 Å². The monoisotopic (exact) mass is 330 g/mol. The van der Waals surface area contributed by atoms with Crippen LogP contribution in [0.5, 0.6) is 0 Å². The Morgan fingerprint density at radius 3 is 2.48 bits per heavy atom. The van der Waals surface area contributed by atoms with Gasteiger partial charge >= 0.3 is 0 Å². The number of carbonyl (C=O) groups is 1. The largest absolute Gasteiger partial charge is 0.349 e. The first kappa shape index (κ1) is 16.5. The molecule has 118 valence electrons. The SMILES string of the molecule is CCC1CCC(NC(=O)c2csc(S(N)(=O)=O)c2C)CC1. The first-order valence-electron chi connectivity index (χ1n) is 7.24. The van der Waals surface area contributed by atoms with Gasteiger partial charge in [0.1, 0.15) is 4.21 Å². The molecule has 1 aromatic heterocycles. The lowest BCUT2D eigenvalue weighted by molar-refractivity contribution is 0.0921. The minimum absolute atomic E-state index is 0.0716. The lowest BCUT2D eigenvalue weighted by Gasteiger charge is -2.28. The molecule has 1 amide bonds. The summed E-state index contributed by atoms with van der Waals surface area (Å²) in [5.74, 6) is 0.577. The first-order chi connectivity index (χ1) is 9.82. The number of amides is 1. The molecule has 1 aliphatic rings. The summed E-state index contributed by atoms with van der Waals surface area (Å²) >= 11 is 1.00. The highest BCUT2D eigenvalue weighted by molar-refractivity contribution is 7.91. The number of thiophene rings is 1. The third-order valence-corrected chi connectivity index (χ3v) is 6.94. The molecule has 0 aromatic carbocycles. The Labute approximate surface area is 130 Å². The third kappa shape index (κ3) is 3.84. The Morgan fingerprint density at radius 1 is 1.38 bits per heavy atom. The van der Waals surface area contributed by atoms with Gasteiger partial charge in [-0.2, -0.15) is 0 Å². The van der Waals surface area contributed by atoms with Crippen LogP contribution in [0.25, 0.3) is 0 Å². The highest BCUT2D eigenvalue weighted by Gasteiger charge is 2.25. The van der Waals surface area contributed by atoms with E-state index in [1.165, 1.54) is 6.42 Å². The minimum Gasteiger partial charge on any atom is -0.349 e. The molecule has 21 heavy (non-hydrogen) atoms. The van der Waals surface area contributed by atoms with Crippen LogP contribution in [0, 0.1) is 12.8 Å². The minimum atomic E-state index is -3.75. The van der Waals surface area contributed by atoms with E-state index in [-0.39, 0.29) is 16.2 Å². The number of nitrogens with two attached hydrogens (primary N) is 1. The van der Waals surface area contributed by atoms with Gasteiger partial charge in [-0.3, -0.25) is 4.79 Å². The number of hydrogen-bond donors (Lipinski definition) is 2. The van der Waals surface area contributed by atoms with Crippen molar-refractivity contribution in [3.8, 4) is 0 Å². The Bertz CT molecular complexity index is 614. The van der Waals surface area contributed by atoms with Gasteiger partial charge in [-0.15, -0.1) is 11.3 Å². The molecule has 7 heteroatoms. The second kappa shape index (κ2) is 6.46. The molecule has 3 N–H and O–H groups in total. The maximum Gasteiger partial charge on any atom is 0.252 e. The molecule has 0 spiro atoms. The lowest BCUT2D eigenvalue weighted by atomic mass is 9.84. The Kier molecular flexibility index (Phi) is 5.06. The summed E-state index contributed by atoms with van der Waals surface area (Å²) < 4.78 is 22.9. The zero-order valence-electron chi connectivity index (χ0n) is 12.4. The van der Waals surface area contributed by atoms with Crippen LogP contribution in [0.15, 0.2) is 9.59 Å². The molecule has 0 saturated heterocycles. The molecule has 2 rings (SSSR count). The lowest BCUT2D eigenvalue weighted by Crippen LogP contribution is -2.37. The highest BCUT2D eigenvalue weighted by atomic mass is 32.2. The molecule has 0 aliphatic heterocycles. The van der Waals surface area contributed by atoms with E-state index in [0.29, 0.717) is 11.1 Å². The van der Waals surface area contributed by atoms with Crippen LogP contribution in [-0.4, -0.2) is 20.4 Å². The van der Waals surface area contributed by atoms with Crippen molar-refractivity contribution in [2.45, 2.75) is 56.2 Å². The summed E-state index contributed by atoms with van der Waals surface area (Å²) in [5, 5.41) is 9.73. The molecular formula is C14H22N2O3S2. The molecule has 1 saturated carbocycles. The van der Waals surface area contributed by atoms with Crippen molar-refractivity contribution >= 4 is 27.3 Å². The van der Waals surface area contributed by atoms with Crippen molar-refractivity contribution in [1.29, 1.82) is 0 Å². The van der Waals surface area contributed by atoms with E-state index in [1.807, 2.05) is 0 Å². The molecule has 0 bridgehead atoms. The zero-order chi connectivity index (χ0) is 15.6. The van der Waals surface area contributed by atoms with Gasteiger partial charge in [0.05, 0.1) is 5.56 Å². The zero-order valence-corrected chi connectivity index (χ0v) is 14.0. The van der Waals surface area contributed by atoms with E-state index in [1.54, 1.807) is 12.3 Å². The fraction of sp³-hybridized carbons (Fsp3) is 0.643. The topological polar surface area (TPSA) is 89.3 Å². The van der Waals surface area contributed by atoms with E-state index in [4.69, 9.17) is 5.14 Å². The van der Waals surface area contributed by atoms with E-state index in [9.17, 15) is 13.2 Å². The fourth-order valence-electron chi connectivity index (χ4n) is 2.88. The molecule has 0 radical (unpaired) electrons. The van der Waals surface area contributed by atoms with Crippen LogP contribution >= 0.6 is 11.3 Å². The van der Waals surface area contributed by atoms with Crippen LogP contribution < -0.4 is 10.5 Å². The summed E-state index contributed by atoms with van der Waals surface area (Å²) in [4.78, 5) is 12.3. The van der Waals surface area contributed by atoms with Gasteiger partial charge < -0.3 is 5.32 Å². The van der Waals surface area contributed by atoms with E-state index < -0.39 is 10.0 Å². The summed E-state index contributed by atoms with van der Waals surface area (Å²) in [6.45, 7) is 3.83. The quantitative estimate of drug-likeness (QED) is 0.888. The maximum atomic E-state index is 12.3. The molecule has 1 fully saturated rings.